The van der Waals surface area contributed by atoms with Crippen molar-refractivity contribution in [2.75, 3.05) is 33.5 Å². The molecule has 0 aromatic rings. The molecule has 232 valence electrons. The van der Waals surface area contributed by atoms with Gasteiger partial charge in [-0.25, -0.2) is 9.59 Å². The fourth-order valence-electron chi connectivity index (χ4n) is 3.97. The van der Waals surface area contributed by atoms with Crippen LogP contribution in [-0.2, 0) is 33.4 Å². The fourth-order valence-corrected chi connectivity index (χ4v) is 3.97. The Morgan fingerprint density at radius 2 is 1.10 bits per heavy atom. The number of methoxy groups -OCH3 is 1. The number of hydrogen-bond acceptors (Lipinski definition) is 7. The smallest absolute Gasteiger partial charge is 0.326 e. The molecule has 0 aromatic carbocycles. The molecular weight excluding hydrogens is 522 g/mol. The lowest BCUT2D eigenvalue weighted by atomic mass is 10.1. The zero-order valence-electron chi connectivity index (χ0n) is 24.3. The lowest BCUT2D eigenvalue weighted by Gasteiger charge is -2.17. The first-order valence-electron chi connectivity index (χ1n) is 14.6. The van der Waals surface area contributed by atoms with E-state index in [1.165, 1.54) is 38.5 Å². The SMILES string of the molecule is CCCCCCCCCCCCC(=O)N[C@@H](CCC(=O)N[C@@H](CCC(=O)NCCOCCOC)C(=O)O)C(=O)O. The molecule has 0 radical (unpaired) electrons. The summed E-state index contributed by atoms with van der Waals surface area (Å²) < 4.78 is 10.1. The number of carboxylic acid groups (broad SMARTS) is 2. The summed E-state index contributed by atoms with van der Waals surface area (Å²) in [6, 6.07) is -2.55. The van der Waals surface area contributed by atoms with Gasteiger partial charge in [0.25, 0.3) is 0 Å². The monoisotopic (exact) mass is 573 g/mol. The minimum atomic E-state index is -1.30. The van der Waals surface area contributed by atoms with E-state index in [9.17, 15) is 34.2 Å². The maximum absolute atomic E-state index is 12.3. The van der Waals surface area contributed by atoms with Crippen molar-refractivity contribution in [2.24, 2.45) is 0 Å². The number of carboxylic acids is 2. The van der Waals surface area contributed by atoms with Crippen LogP contribution >= 0.6 is 0 Å². The summed E-state index contributed by atoms with van der Waals surface area (Å²) in [7, 11) is 1.55. The van der Waals surface area contributed by atoms with E-state index >= 15 is 0 Å². The highest BCUT2D eigenvalue weighted by Crippen LogP contribution is 2.11. The van der Waals surface area contributed by atoms with Crippen molar-refractivity contribution >= 4 is 29.7 Å². The second-order valence-electron chi connectivity index (χ2n) is 9.88. The number of carbonyl (C=O) groups excluding carboxylic acids is 3. The minimum absolute atomic E-state index is 0.123. The van der Waals surface area contributed by atoms with E-state index in [0.717, 1.165) is 19.3 Å². The van der Waals surface area contributed by atoms with E-state index in [0.29, 0.717) is 19.6 Å². The highest BCUT2D eigenvalue weighted by atomic mass is 16.5. The summed E-state index contributed by atoms with van der Waals surface area (Å²) in [5.74, 6) is -4.00. The van der Waals surface area contributed by atoms with E-state index in [1.54, 1.807) is 7.11 Å². The lowest BCUT2D eigenvalue weighted by Crippen LogP contribution is -2.44. The lowest BCUT2D eigenvalue weighted by molar-refractivity contribution is -0.143. The maximum atomic E-state index is 12.3. The van der Waals surface area contributed by atoms with Gasteiger partial charge in [0.05, 0.1) is 19.8 Å². The van der Waals surface area contributed by atoms with Crippen LogP contribution in [0, 0.1) is 0 Å². The Balaban J connectivity index is 4.23. The first-order valence-corrected chi connectivity index (χ1v) is 14.6. The highest BCUT2D eigenvalue weighted by Gasteiger charge is 2.24. The summed E-state index contributed by atoms with van der Waals surface area (Å²) in [4.78, 5) is 59.5. The molecule has 0 spiro atoms. The molecule has 0 rings (SSSR count). The molecule has 0 saturated heterocycles. The molecule has 0 aliphatic heterocycles. The predicted octanol–water partition coefficient (Wildman–Crippen LogP) is 2.78. The van der Waals surface area contributed by atoms with Gasteiger partial charge in [-0.2, -0.15) is 0 Å². The zero-order valence-corrected chi connectivity index (χ0v) is 24.3. The third-order valence-corrected chi connectivity index (χ3v) is 6.34. The molecule has 0 fully saturated rings. The Morgan fingerprint density at radius 1 is 0.625 bits per heavy atom. The molecule has 0 aliphatic rings. The van der Waals surface area contributed by atoms with Gasteiger partial charge < -0.3 is 35.6 Å². The molecule has 2 atom stereocenters. The standard InChI is InChI=1S/C28H51N3O9/c1-3-4-5-6-7-8-9-10-11-12-13-25(33)30-23(28(37)38)15-17-26(34)31-22(27(35)36)14-16-24(32)29-18-19-40-21-20-39-2/h22-23H,3-21H2,1-2H3,(H,29,32)(H,30,33)(H,31,34)(H,35,36)(H,37,38)/t22-,23-/m0/s1. The summed E-state index contributed by atoms with van der Waals surface area (Å²) in [5, 5.41) is 26.2. The zero-order chi connectivity index (χ0) is 30.0. The molecule has 40 heavy (non-hydrogen) atoms. The summed E-state index contributed by atoms with van der Waals surface area (Å²) in [6.45, 7) is 3.57. The number of carbonyl (C=O) groups is 5. The van der Waals surface area contributed by atoms with Crippen LogP contribution in [0.15, 0.2) is 0 Å². The quantitative estimate of drug-likeness (QED) is 0.0923. The number of ether oxygens (including phenoxy) is 2. The molecule has 0 aliphatic carbocycles. The van der Waals surface area contributed by atoms with Crippen molar-refractivity contribution in [1.29, 1.82) is 0 Å². The molecule has 5 N–H and O–H groups in total. The number of nitrogens with one attached hydrogen (secondary N) is 3. The largest absolute Gasteiger partial charge is 0.480 e. The third-order valence-electron chi connectivity index (χ3n) is 6.34. The van der Waals surface area contributed by atoms with E-state index < -0.39 is 29.9 Å². The molecule has 0 heterocycles. The first-order chi connectivity index (χ1) is 19.2. The van der Waals surface area contributed by atoms with Crippen molar-refractivity contribution in [3.63, 3.8) is 0 Å². The Labute approximate surface area is 238 Å². The van der Waals surface area contributed by atoms with Gasteiger partial charge in [-0.15, -0.1) is 0 Å². The molecule has 0 bridgehead atoms. The van der Waals surface area contributed by atoms with Crippen LogP contribution in [0.1, 0.15) is 103 Å². The van der Waals surface area contributed by atoms with Crippen LogP contribution in [0.25, 0.3) is 0 Å². The van der Waals surface area contributed by atoms with Crippen LogP contribution in [-0.4, -0.2) is 85.4 Å². The molecule has 0 aromatic heterocycles. The number of rotatable bonds is 27. The topological polar surface area (TPSA) is 180 Å². The average Bonchev–Trinajstić information content (AvgIpc) is 2.91. The Morgan fingerprint density at radius 3 is 1.60 bits per heavy atom. The summed E-state index contributed by atoms with van der Waals surface area (Å²) in [6.07, 6.45) is 10.8. The van der Waals surface area contributed by atoms with E-state index in [2.05, 4.69) is 22.9 Å². The molecule has 3 amide bonds. The minimum Gasteiger partial charge on any atom is -0.480 e. The molecule has 0 saturated carbocycles. The Kier molecular flexibility index (Phi) is 23.5. The second-order valence-corrected chi connectivity index (χ2v) is 9.88. The predicted molar refractivity (Wildman–Crippen MR) is 150 cm³/mol. The van der Waals surface area contributed by atoms with Crippen LogP contribution < -0.4 is 16.0 Å². The molecule has 12 heteroatoms. The second kappa shape index (κ2) is 25.3. The summed E-state index contributed by atoms with van der Waals surface area (Å²) >= 11 is 0. The third kappa shape index (κ3) is 22.1. The van der Waals surface area contributed by atoms with Crippen molar-refractivity contribution < 1.29 is 43.7 Å². The van der Waals surface area contributed by atoms with Gasteiger partial charge in [0.1, 0.15) is 12.1 Å². The van der Waals surface area contributed by atoms with Crippen LogP contribution in [0.4, 0.5) is 0 Å². The van der Waals surface area contributed by atoms with Crippen molar-refractivity contribution in [3.05, 3.63) is 0 Å². The van der Waals surface area contributed by atoms with Gasteiger partial charge in [0, 0.05) is 32.9 Å². The first kappa shape index (κ1) is 37.3. The van der Waals surface area contributed by atoms with Gasteiger partial charge in [0.15, 0.2) is 0 Å². The number of hydrogen-bond donors (Lipinski definition) is 5. The number of aliphatic carboxylic acids is 2. The Bertz CT molecular complexity index is 734. The number of amides is 3. The van der Waals surface area contributed by atoms with Crippen LogP contribution in [0.2, 0.25) is 0 Å². The normalized spacial score (nSPS) is 12.3. The summed E-state index contributed by atoms with van der Waals surface area (Å²) in [5.41, 5.74) is 0. The maximum Gasteiger partial charge on any atom is 0.326 e. The Hall–Kier alpha value is -2.73. The van der Waals surface area contributed by atoms with E-state index in [1.807, 2.05) is 0 Å². The van der Waals surface area contributed by atoms with Crippen LogP contribution in [0.5, 0.6) is 0 Å². The van der Waals surface area contributed by atoms with Gasteiger partial charge >= 0.3 is 11.9 Å². The van der Waals surface area contributed by atoms with E-state index in [-0.39, 0.29) is 57.1 Å². The molecule has 12 nitrogen and oxygen atoms in total. The van der Waals surface area contributed by atoms with Gasteiger partial charge in [0.2, 0.25) is 17.7 Å². The number of unbranched alkanes of at least 4 members (excludes halogenated alkanes) is 9. The van der Waals surface area contributed by atoms with Gasteiger partial charge in [-0.3, -0.25) is 14.4 Å². The highest BCUT2D eigenvalue weighted by molar-refractivity contribution is 5.86. The average molecular weight is 574 g/mol. The van der Waals surface area contributed by atoms with Crippen molar-refractivity contribution in [2.45, 2.75) is 115 Å². The van der Waals surface area contributed by atoms with Crippen molar-refractivity contribution in [1.82, 2.24) is 16.0 Å². The van der Waals surface area contributed by atoms with Gasteiger partial charge in [-0.1, -0.05) is 64.7 Å². The van der Waals surface area contributed by atoms with Crippen LogP contribution in [0.3, 0.4) is 0 Å². The van der Waals surface area contributed by atoms with E-state index in [4.69, 9.17) is 9.47 Å². The fraction of sp³-hybridized carbons (Fsp3) is 0.821. The molecular formula is C28H51N3O9. The van der Waals surface area contributed by atoms with Gasteiger partial charge in [-0.05, 0) is 19.3 Å². The van der Waals surface area contributed by atoms with Crippen molar-refractivity contribution in [3.8, 4) is 0 Å². The molecule has 0 unspecified atom stereocenters.